The standard InChI is InChI=1S/C14H13N3O6S/c18-14(19)11-4-2-8-16(11)24(22,23)12-6-5-10(17(20)21)9-3-1-7-15-13(9)12/h1,3,5-7,11H,2,4,8H2,(H,18,19). The molecule has 24 heavy (non-hydrogen) atoms. The van der Waals surface area contributed by atoms with Crippen molar-refractivity contribution >= 4 is 32.6 Å². The van der Waals surface area contributed by atoms with Gasteiger partial charge in [-0.1, -0.05) is 0 Å². The Kier molecular flexibility index (Phi) is 3.93. The second-order valence-corrected chi connectivity index (χ2v) is 7.21. The summed E-state index contributed by atoms with van der Waals surface area (Å²) in [7, 11) is -4.13. The number of hydrogen-bond acceptors (Lipinski definition) is 6. The van der Waals surface area contributed by atoms with Gasteiger partial charge >= 0.3 is 5.97 Å². The van der Waals surface area contributed by atoms with Crippen LogP contribution in [0.4, 0.5) is 5.69 Å². The van der Waals surface area contributed by atoms with Gasteiger partial charge in [0.25, 0.3) is 5.69 Å². The highest BCUT2D eigenvalue weighted by Crippen LogP contribution is 2.33. The molecule has 0 saturated carbocycles. The number of aliphatic carboxylic acids is 1. The van der Waals surface area contributed by atoms with Crippen LogP contribution in [0, 0.1) is 10.1 Å². The number of nitro benzene ring substituents is 1. The van der Waals surface area contributed by atoms with Crippen molar-refractivity contribution in [1.82, 2.24) is 9.29 Å². The van der Waals surface area contributed by atoms with Crippen molar-refractivity contribution in [2.75, 3.05) is 6.54 Å². The average molecular weight is 351 g/mol. The Morgan fingerprint density at radius 3 is 2.79 bits per heavy atom. The number of carboxylic acids is 1. The third-order valence-corrected chi connectivity index (χ3v) is 5.92. The lowest BCUT2D eigenvalue weighted by Gasteiger charge is -2.21. The molecule has 1 N–H and O–H groups in total. The highest BCUT2D eigenvalue weighted by atomic mass is 32.2. The fourth-order valence-electron chi connectivity index (χ4n) is 2.90. The molecule has 126 valence electrons. The molecule has 0 aliphatic carbocycles. The molecule has 0 bridgehead atoms. The van der Waals surface area contributed by atoms with Crippen molar-refractivity contribution in [3.63, 3.8) is 0 Å². The maximum absolute atomic E-state index is 12.9. The van der Waals surface area contributed by atoms with E-state index in [2.05, 4.69) is 4.98 Å². The first-order valence-electron chi connectivity index (χ1n) is 7.11. The van der Waals surface area contributed by atoms with Gasteiger partial charge in [0.05, 0.1) is 15.8 Å². The molecule has 10 heteroatoms. The SMILES string of the molecule is O=C(O)C1CCCN1S(=O)(=O)c1ccc([N+](=O)[O-])c2cccnc12. The summed E-state index contributed by atoms with van der Waals surface area (Å²) >= 11 is 0. The molecule has 3 rings (SSSR count). The number of aromatic nitrogens is 1. The number of hydrogen-bond donors (Lipinski definition) is 1. The van der Waals surface area contributed by atoms with E-state index in [-0.39, 0.29) is 34.5 Å². The predicted molar refractivity (Wildman–Crippen MR) is 82.9 cm³/mol. The summed E-state index contributed by atoms with van der Waals surface area (Å²) in [6, 6.07) is 3.96. The molecule has 0 radical (unpaired) electrons. The van der Waals surface area contributed by atoms with E-state index in [0.29, 0.717) is 6.42 Å². The number of carbonyl (C=O) groups is 1. The van der Waals surface area contributed by atoms with Crippen molar-refractivity contribution < 1.29 is 23.2 Å². The molecule has 1 unspecified atom stereocenters. The van der Waals surface area contributed by atoms with Gasteiger partial charge in [0.2, 0.25) is 10.0 Å². The van der Waals surface area contributed by atoms with E-state index in [1.807, 2.05) is 0 Å². The molecule has 1 aliphatic rings. The number of fused-ring (bicyclic) bond motifs is 1. The van der Waals surface area contributed by atoms with Gasteiger partial charge < -0.3 is 5.11 Å². The Morgan fingerprint density at radius 1 is 1.38 bits per heavy atom. The quantitative estimate of drug-likeness (QED) is 0.650. The lowest BCUT2D eigenvalue weighted by molar-refractivity contribution is -0.383. The largest absolute Gasteiger partial charge is 0.480 e. The molecule has 0 amide bonds. The minimum Gasteiger partial charge on any atom is -0.480 e. The zero-order chi connectivity index (χ0) is 17.5. The van der Waals surface area contributed by atoms with Crippen molar-refractivity contribution in [3.8, 4) is 0 Å². The van der Waals surface area contributed by atoms with Crippen LogP contribution < -0.4 is 0 Å². The fraction of sp³-hybridized carbons (Fsp3) is 0.286. The summed E-state index contributed by atoms with van der Waals surface area (Å²) in [5, 5.41) is 20.4. The van der Waals surface area contributed by atoms with E-state index in [1.54, 1.807) is 0 Å². The van der Waals surface area contributed by atoms with Gasteiger partial charge in [-0.05, 0) is 31.0 Å². The Balaban J connectivity index is 2.21. The third kappa shape index (κ3) is 2.49. The fourth-order valence-corrected chi connectivity index (χ4v) is 4.70. The molecule has 1 aromatic carbocycles. The van der Waals surface area contributed by atoms with Crippen LogP contribution in [0.3, 0.4) is 0 Å². The minimum atomic E-state index is -4.13. The number of nitro groups is 1. The summed E-state index contributed by atoms with van der Waals surface area (Å²) < 4.78 is 26.7. The first-order chi connectivity index (χ1) is 11.3. The molecular formula is C14H13N3O6S. The molecule has 9 nitrogen and oxygen atoms in total. The van der Waals surface area contributed by atoms with E-state index in [0.717, 1.165) is 16.4 Å². The van der Waals surface area contributed by atoms with Gasteiger partial charge in [0.1, 0.15) is 10.9 Å². The first kappa shape index (κ1) is 16.3. The summed E-state index contributed by atoms with van der Waals surface area (Å²) in [5.74, 6) is -1.21. The monoisotopic (exact) mass is 351 g/mol. The summed E-state index contributed by atoms with van der Waals surface area (Å²) in [6.07, 6.45) is 2.01. The van der Waals surface area contributed by atoms with E-state index >= 15 is 0 Å². The smallest absolute Gasteiger partial charge is 0.322 e. The second kappa shape index (κ2) is 5.80. The Hall–Kier alpha value is -2.59. The van der Waals surface area contributed by atoms with Gasteiger partial charge in [-0.15, -0.1) is 0 Å². The van der Waals surface area contributed by atoms with Gasteiger partial charge in [-0.3, -0.25) is 19.9 Å². The molecule has 1 atom stereocenters. The summed E-state index contributed by atoms with van der Waals surface area (Å²) in [5.41, 5.74) is -0.295. The van der Waals surface area contributed by atoms with E-state index in [4.69, 9.17) is 0 Å². The van der Waals surface area contributed by atoms with Crippen LogP contribution in [0.25, 0.3) is 10.9 Å². The lowest BCUT2D eigenvalue weighted by Crippen LogP contribution is -2.40. The second-order valence-electron chi connectivity index (χ2n) is 5.35. The Labute approximate surface area is 136 Å². The maximum atomic E-state index is 12.9. The maximum Gasteiger partial charge on any atom is 0.322 e. The number of non-ortho nitro benzene ring substituents is 1. The number of benzene rings is 1. The van der Waals surface area contributed by atoms with Crippen LogP contribution in [0.1, 0.15) is 12.8 Å². The molecule has 1 saturated heterocycles. The number of rotatable bonds is 4. The van der Waals surface area contributed by atoms with Crippen LogP contribution in [-0.2, 0) is 14.8 Å². The van der Waals surface area contributed by atoms with Crippen LogP contribution in [0.2, 0.25) is 0 Å². The van der Waals surface area contributed by atoms with E-state index < -0.39 is 27.0 Å². The molecule has 1 aliphatic heterocycles. The van der Waals surface area contributed by atoms with Crippen LogP contribution in [0.5, 0.6) is 0 Å². The summed E-state index contributed by atoms with van der Waals surface area (Å²) in [4.78, 5) is 25.5. The summed E-state index contributed by atoms with van der Waals surface area (Å²) in [6.45, 7) is 0.0879. The van der Waals surface area contributed by atoms with Gasteiger partial charge in [-0.25, -0.2) is 8.42 Å². The van der Waals surface area contributed by atoms with Crippen molar-refractivity contribution in [3.05, 3.63) is 40.6 Å². The average Bonchev–Trinajstić information content (AvgIpc) is 3.04. The molecule has 2 heterocycles. The van der Waals surface area contributed by atoms with Crippen LogP contribution >= 0.6 is 0 Å². The van der Waals surface area contributed by atoms with Gasteiger partial charge in [-0.2, -0.15) is 4.31 Å². The highest BCUT2D eigenvalue weighted by Gasteiger charge is 2.40. The topological polar surface area (TPSA) is 131 Å². The van der Waals surface area contributed by atoms with E-state index in [1.165, 1.54) is 18.3 Å². The molecule has 2 aromatic rings. The lowest BCUT2D eigenvalue weighted by atomic mass is 10.2. The van der Waals surface area contributed by atoms with Crippen molar-refractivity contribution in [2.45, 2.75) is 23.8 Å². The number of pyridine rings is 1. The normalized spacial score (nSPS) is 18.8. The van der Waals surface area contributed by atoms with Crippen molar-refractivity contribution in [2.24, 2.45) is 0 Å². The molecule has 0 spiro atoms. The Bertz CT molecular complexity index is 943. The minimum absolute atomic E-state index is 0.0391. The number of sulfonamides is 1. The highest BCUT2D eigenvalue weighted by molar-refractivity contribution is 7.89. The third-order valence-electron chi connectivity index (χ3n) is 3.98. The number of carboxylic acid groups (broad SMARTS) is 1. The molecule has 1 aromatic heterocycles. The van der Waals surface area contributed by atoms with Gasteiger partial charge in [0, 0.05) is 18.8 Å². The molecule has 1 fully saturated rings. The van der Waals surface area contributed by atoms with Crippen LogP contribution in [-0.4, -0.2) is 46.3 Å². The van der Waals surface area contributed by atoms with E-state index in [9.17, 15) is 28.4 Å². The molecular weight excluding hydrogens is 338 g/mol. The zero-order valence-electron chi connectivity index (χ0n) is 12.3. The van der Waals surface area contributed by atoms with Crippen LogP contribution in [0.15, 0.2) is 35.4 Å². The van der Waals surface area contributed by atoms with Gasteiger partial charge in [0.15, 0.2) is 0 Å². The van der Waals surface area contributed by atoms with Crippen molar-refractivity contribution in [1.29, 1.82) is 0 Å². The predicted octanol–water partition coefficient (Wildman–Crippen LogP) is 1.38. The number of nitrogens with zero attached hydrogens (tertiary/aromatic N) is 3. The zero-order valence-corrected chi connectivity index (χ0v) is 13.1. The first-order valence-corrected chi connectivity index (χ1v) is 8.55. The Morgan fingerprint density at radius 2 is 2.12 bits per heavy atom.